The Bertz CT molecular complexity index is 611. The van der Waals surface area contributed by atoms with E-state index in [1.165, 1.54) is 12.1 Å². The summed E-state index contributed by atoms with van der Waals surface area (Å²) in [7, 11) is -4.80. The van der Waals surface area contributed by atoms with Crippen molar-refractivity contribution in [3.05, 3.63) is 47.4 Å². The van der Waals surface area contributed by atoms with Crippen molar-refractivity contribution in [1.82, 2.24) is 0 Å². The number of nitrogens with two attached hydrogens (primary N) is 1. The van der Waals surface area contributed by atoms with Gasteiger partial charge in [-0.25, -0.2) is 8.42 Å². The first-order valence-corrected chi connectivity index (χ1v) is 6.99. The molecule has 0 amide bonds. The largest absolute Gasteiger partial charge is 0.481 e. The van der Waals surface area contributed by atoms with Crippen LogP contribution in [0.25, 0.3) is 0 Å². The van der Waals surface area contributed by atoms with E-state index in [2.05, 4.69) is 6.58 Å². The number of alkyl halides is 2. The minimum Gasteiger partial charge on any atom is -0.481 e. The summed E-state index contributed by atoms with van der Waals surface area (Å²) in [6, 6.07) is 3.30. The third-order valence-electron chi connectivity index (χ3n) is 2.65. The Labute approximate surface area is 114 Å². The zero-order chi connectivity index (χ0) is 15.6. The maximum atomic E-state index is 13.7. The third-order valence-corrected chi connectivity index (χ3v) is 4.04. The van der Waals surface area contributed by atoms with Crippen molar-refractivity contribution in [2.75, 3.05) is 0 Å². The molecule has 0 heterocycles. The molecule has 0 saturated heterocycles. The Balaban J connectivity index is 3.08. The van der Waals surface area contributed by atoms with Crippen LogP contribution in [0.5, 0.6) is 0 Å². The molecule has 1 rings (SSSR count). The highest BCUT2D eigenvalue weighted by molar-refractivity contribution is 7.94. The number of benzene rings is 1. The van der Waals surface area contributed by atoms with Crippen LogP contribution >= 0.6 is 0 Å². The van der Waals surface area contributed by atoms with Crippen LogP contribution in [-0.2, 0) is 19.9 Å². The summed E-state index contributed by atoms with van der Waals surface area (Å²) in [5, 5.41) is 4.68. The highest BCUT2D eigenvalue weighted by Crippen LogP contribution is 2.35. The topological polar surface area (TPSA) is 97.5 Å². The lowest BCUT2D eigenvalue weighted by molar-refractivity contribution is -0.137. The van der Waals surface area contributed by atoms with Crippen LogP contribution in [0.3, 0.4) is 0 Å². The minimum absolute atomic E-state index is 0.192. The van der Waals surface area contributed by atoms with Gasteiger partial charge in [-0.1, -0.05) is 30.8 Å². The van der Waals surface area contributed by atoms with E-state index >= 15 is 0 Å². The molecule has 0 aliphatic rings. The molecule has 0 spiro atoms. The minimum atomic E-state index is -4.80. The molecule has 5 nitrogen and oxygen atoms in total. The fourth-order valence-electron chi connectivity index (χ4n) is 1.50. The smallest absolute Gasteiger partial charge is 0.374 e. The molecule has 0 aliphatic heterocycles. The first-order chi connectivity index (χ1) is 9.11. The van der Waals surface area contributed by atoms with Gasteiger partial charge < -0.3 is 10.8 Å². The van der Waals surface area contributed by atoms with E-state index < -0.39 is 32.7 Å². The van der Waals surface area contributed by atoms with Crippen molar-refractivity contribution in [1.29, 1.82) is 0 Å². The predicted octanol–water partition coefficient (Wildman–Crippen LogP) is 1.77. The lowest BCUT2D eigenvalue weighted by Gasteiger charge is -2.16. The van der Waals surface area contributed by atoms with Crippen LogP contribution < -0.4 is 5.73 Å². The number of hydrogen-bond donors (Lipinski definition) is 2. The van der Waals surface area contributed by atoms with E-state index in [1.54, 1.807) is 0 Å². The molecule has 0 aliphatic carbocycles. The first-order valence-electron chi connectivity index (χ1n) is 5.44. The van der Waals surface area contributed by atoms with Crippen LogP contribution in [0, 0.1) is 0 Å². The monoisotopic (exact) mass is 305 g/mol. The maximum Gasteiger partial charge on any atom is 0.374 e. The van der Waals surface area contributed by atoms with Gasteiger partial charge in [-0.05, 0) is 5.56 Å². The van der Waals surface area contributed by atoms with Gasteiger partial charge >= 0.3 is 11.2 Å². The van der Waals surface area contributed by atoms with Crippen molar-refractivity contribution >= 4 is 15.8 Å². The summed E-state index contributed by atoms with van der Waals surface area (Å²) in [6.07, 6.45) is -0.360. The molecular formula is C12H13F2NO4S. The summed E-state index contributed by atoms with van der Waals surface area (Å²) in [5.74, 6) is -1.12. The van der Waals surface area contributed by atoms with E-state index in [9.17, 15) is 22.0 Å². The normalized spacial score (nSPS) is 13.8. The van der Waals surface area contributed by atoms with Crippen molar-refractivity contribution < 1.29 is 27.1 Å². The molecule has 0 bridgehead atoms. The Kier molecular flexibility index (Phi) is 4.61. The number of carboxylic acid groups (broad SMARTS) is 1. The van der Waals surface area contributed by atoms with Gasteiger partial charge in [0, 0.05) is 17.0 Å². The standard InChI is InChI=1S/C12H13F2NO4S/c1-2-20(18,19)12(13,14)9-5-3-8(4-6-9)10(15)7-11(16)17/h2-6,10H,1,7,15H2,(H,16,17). The average molecular weight is 305 g/mol. The van der Waals surface area contributed by atoms with Gasteiger partial charge in [0.05, 0.1) is 6.42 Å². The third kappa shape index (κ3) is 3.20. The molecule has 8 heteroatoms. The summed E-state index contributed by atoms with van der Waals surface area (Å²) in [5.41, 5.74) is 5.15. The molecule has 1 atom stereocenters. The molecule has 110 valence electrons. The van der Waals surface area contributed by atoms with Gasteiger partial charge in [0.2, 0.25) is 9.84 Å². The van der Waals surface area contributed by atoms with Gasteiger partial charge in [0.1, 0.15) is 0 Å². The molecule has 1 aromatic carbocycles. The zero-order valence-corrected chi connectivity index (χ0v) is 11.1. The van der Waals surface area contributed by atoms with Crippen LogP contribution in [0.4, 0.5) is 8.78 Å². The molecular weight excluding hydrogens is 292 g/mol. The second-order valence-corrected chi connectivity index (χ2v) is 5.99. The zero-order valence-electron chi connectivity index (χ0n) is 10.3. The Morgan fingerprint density at radius 1 is 1.40 bits per heavy atom. The molecule has 0 aromatic heterocycles. The highest BCUT2D eigenvalue weighted by atomic mass is 32.2. The Morgan fingerprint density at radius 3 is 2.30 bits per heavy atom. The maximum absolute atomic E-state index is 13.7. The summed E-state index contributed by atoms with van der Waals surface area (Å²) in [4.78, 5) is 10.5. The average Bonchev–Trinajstić information content (AvgIpc) is 2.37. The molecule has 1 unspecified atom stereocenters. The SMILES string of the molecule is C=CS(=O)(=O)C(F)(F)c1ccc(C(N)CC(=O)O)cc1. The Hall–Kier alpha value is -1.80. The summed E-state index contributed by atoms with van der Waals surface area (Å²) < 4.78 is 49.8. The fourth-order valence-corrected chi connectivity index (χ4v) is 2.17. The van der Waals surface area contributed by atoms with Crippen molar-refractivity contribution in [3.8, 4) is 0 Å². The quantitative estimate of drug-likeness (QED) is 0.834. The van der Waals surface area contributed by atoms with Crippen LogP contribution in [0.2, 0.25) is 0 Å². The summed E-state index contributed by atoms with van der Waals surface area (Å²) >= 11 is 0. The number of hydrogen-bond acceptors (Lipinski definition) is 4. The molecule has 1 aromatic rings. The molecule has 0 radical (unpaired) electrons. The van der Waals surface area contributed by atoms with Gasteiger partial charge in [-0.2, -0.15) is 8.78 Å². The van der Waals surface area contributed by atoms with E-state index in [-0.39, 0.29) is 11.8 Å². The van der Waals surface area contributed by atoms with Gasteiger partial charge in [-0.3, -0.25) is 4.79 Å². The van der Waals surface area contributed by atoms with Crippen molar-refractivity contribution in [3.63, 3.8) is 0 Å². The van der Waals surface area contributed by atoms with Crippen LogP contribution in [0.1, 0.15) is 23.6 Å². The van der Waals surface area contributed by atoms with Gasteiger partial charge in [-0.15, -0.1) is 0 Å². The van der Waals surface area contributed by atoms with E-state index in [0.717, 1.165) is 12.1 Å². The van der Waals surface area contributed by atoms with Crippen LogP contribution in [0.15, 0.2) is 36.3 Å². The fraction of sp³-hybridized carbons (Fsp3) is 0.250. The van der Waals surface area contributed by atoms with E-state index in [4.69, 9.17) is 10.8 Å². The second-order valence-electron chi connectivity index (χ2n) is 4.05. The molecule has 3 N–H and O–H groups in total. The van der Waals surface area contributed by atoms with E-state index in [0.29, 0.717) is 5.56 Å². The van der Waals surface area contributed by atoms with Gasteiger partial charge in [0.15, 0.2) is 0 Å². The number of sulfone groups is 1. The molecule has 20 heavy (non-hydrogen) atoms. The summed E-state index contributed by atoms with van der Waals surface area (Å²) in [6.45, 7) is 2.85. The lowest BCUT2D eigenvalue weighted by Crippen LogP contribution is -2.24. The molecule has 0 saturated carbocycles. The van der Waals surface area contributed by atoms with Crippen molar-refractivity contribution in [2.24, 2.45) is 5.73 Å². The molecule has 0 fully saturated rings. The number of aliphatic carboxylic acids is 1. The second kappa shape index (κ2) is 5.68. The predicted molar refractivity (Wildman–Crippen MR) is 68.6 cm³/mol. The first kappa shape index (κ1) is 16.3. The Morgan fingerprint density at radius 2 is 1.90 bits per heavy atom. The van der Waals surface area contributed by atoms with E-state index in [1.807, 2.05) is 0 Å². The number of rotatable bonds is 6. The van der Waals surface area contributed by atoms with Crippen LogP contribution in [-0.4, -0.2) is 19.5 Å². The number of carboxylic acids is 1. The highest BCUT2D eigenvalue weighted by Gasteiger charge is 2.44. The lowest BCUT2D eigenvalue weighted by atomic mass is 10.0. The van der Waals surface area contributed by atoms with Gasteiger partial charge in [0.25, 0.3) is 0 Å². The van der Waals surface area contributed by atoms with Crippen molar-refractivity contribution in [2.45, 2.75) is 17.7 Å². The number of halogens is 2. The number of carbonyl (C=O) groups is 1.